The highest BCUT2D eigenvalue weighted by atomic mass is 15.3. The molecule has 0 aliphatic carbocycles. The molecule has 4 nitrogen and oxygen atoms in total. The third-order valence-electron chi connectivity index (χ3n) is 4.30. The molecule has 2 aromatic rings. The molecule has 1 fully saturated rings. The maximum Gasteiger partial charge on any atom is 0.106 e. The van der Waals surface area contributed by atoms with Crippen molar-refractivity contribution in [3.63, 3.8) is 0 Å². The molecule has 0 amide bonds. The van der Waals surface area contributed by atoms with Crippen LogP contribution in [0.3, 0.4) is 0 Å². The van der Waals surface area contributed by atoms with Gasteiger partial charge in [-0.15, -0.1) is 0 Å². The first kappa shape index (κ1) is 14.3. The first-order chi connectivity index (χ1) is 10.2. The molecule has 21 heavy (non-hydrogen) atoms. The van der Waals surface area contributed by atoms with Gasteiger partial charge in [-0.25, -0.2) is 4.98 Å². The summed E-state index contributed by atoms with van der Waals surface area (Å²) in [6.07, 6.45) is 2.98. The minimum absolute atomic E-state index is 0.954. The average Bonchev–Trinajstić information content (AvgIpc) is 2.84. The van der Waals surface area contributed by atoms with Gasteiger partial charge in [-0.05, 0) is 19.5 Å². The highest BCUT2D eigenvalue weighted by Gasteiger charge is 2.16. The highest BCUT2D eigenvalue weighted by Crippen LogP contribution is 2.13. The standard InChI is InChI=1S/C17H24N4/c1-15-18-13-17(12-16-6-4-3-5-7-16)21(15)14-20-10-8-19(2)9-11-20/h3-7,13H,8-12,14H2,1-2H3. The number of hydrogen-bond donors (Lipinski definition) is 0. The first-order valence-electron chi connectivity index (χ1n) is 7.68. The number of likely N-dealkylation sites (N-methyl/N-ethyl adjacent to an activating group) is 1. The Morgan fingerprint density at radius 2 is 1.76 bits per heavy atom. The number of nitrogens with zero attached hydrogens (tertiary/aromatic N) is 4. The van der Waals surface area contributed by atoms with Crippen LogP contribution in [-0.2, 0) is 13.1 Å². The van der Waals surface area contributed by atoms with Crippen LogP contribution in [0.1, 0.15) is 17.1 Å². The van der Waals surface area contributed by atoms with Crippen molar-refractivity contribution in [3.8, 4) is 0 Å². The molecule has 0 atom stereocenters. The number of imidazole rings is 1. The lowest BCUT2D eigenvalue weighted by Gasteiger charge is -2.33. The van der Waals surface area contributed by atoms with E-state index < -0.39 is 0 Å². The van der Waals surface area contributed by atoms with Gasteiger partial charge in [0, 0.05) is 44.5 Å². The van der Waals surface area contributed by atoms with Crippen LogP contribution in [-0.4, -0.2) is 52.6 Å². The SMILES string of the molecule is Cc1ncc(Cc2ccccc2)n1CN1CCN(C)CC1. The Bertz CT molecular complexity index is 568. The van der Waals surface area contributed by atoms with E-state index in [1.165, 1.54) is 11.3 Å². The second-order valence-electron chi connectivity index (χ2n) is 5.95. The maximum atomic E-state index is 4.52. The molecule has 0 bridgehead atoms. The fraction of sp³-hybridized carbons (Fsp3) is 0.471. The lowest BCUT2D eigenvalue weighted by molar-refractivity contribution is 0.123. The van der Waals surface area contributed by atoms with Crippen LogP contribution < -0.4 is 0 Å². The maximum absolute atomic E-state index is 4.52. The zero-order valence-corrected chi connectivity index (χ0v) is 13.0. The van der Waals surface area contributed by atoms with Crippen LogP contribution in [0.25, 0.3) is 0 Å². The Kier molecular flexibility index (Phi) is 4.36. The van der Waals surface area contributed by atoms with Gasteiger partial charge in [0.15, 0.2) is 0 Å². The van der Waals surface area contributed by atoms with E-state index in [0.717, 1.165) is 45.1 Å². The summed E-state index contributed by atoms with van der Waals surface area (Å²) in [4.78, 5) is 9.43. The van der Waals surface area contributed by atoms with Crippen molar-refractivity contribution >= 4 is 0 Å². The van der Waals surface area contributed by atoms with Gasteiger partial charge in [0.05, 0.1) is 6.67 Å². The van der Waals surface area contributed by atoms with E-state index in [1.54, 1.807) is 0 Å². The molecular weight excluding hydrogens is 260 g/mol. The molecule has 4 heteroatoms. The Morgan fingerprint density at radius 3 is 2.48 bits per heavy atom. The summed E-state index contributed by atoms with van der Waals surface area (Å²) in [5, 5.41) is 0. The predicted octanol–water partition coefficient (Wildman–Crippen LogP) is 1.99. The van der Waals surface area contributed by atoms with Crippen molar-refractivity contribution in [1.29, 1.82) is 0 Å². The number of rotatable bonds is 4. The van der Waals surface area contributed by atoms with Crippen molar-refractivity contribution in [1.82, 2.24) is 19.4 Å². The smallest absolute Gasteiger partial charge is 0.106 e. The molecule has 0 spiro atoms. The van der Waals surface area contributed by atoms with Gasteiger partial charge in [-0.1, -0.05) is 30.3 Å². The Balaban J connectivity index is 1.71. The second-order valence-corrected chi connectivity index (χ2v) is 5.95. The van der Waals surface area contributed by atoms with Crippen molar-refractivity contribution in [2.24, 2.45) is 0 Å². The van der Waals surface area contributed by atoms with Crippen LogP contribution in [0.2, 0.25) is 0 Å². The van der Waals surface area contributed by atoms with Crippen LogP contribution in [0, 0.1) is 6.92 Å². The molecule has 2 heterocycles. The molecule has 0 unspecified atom stereocenters. The predicted molar refractivity (Wildman–Crippen MR) is 85.3 cm³/mol. The Labute approximate surface area is 127 Å². The van der Waals surface area contributed by atoms with E-state index >= 15 is 0 Å². The van der Waals surface area contributed by atoms with Crippen LogP contribution in [0.15, 0.2) is 36.5 Å². The molecule has 0 N–H and O–H groups in total. The molecule has 0 saturated carbocycles. The molecule has 1 saturated heterocycles. The number of aromatic nitrogens is 2. The summed E-state index contributed by atoms with van der Waals surface area (Å²) in [7, 11) is 2.20. The van der Waals surface area contributed by atoms with Crippen molar-refractivity contribution in [2.45, 2.75) is 20.0 Å². The minimum Gasteiger partial charge on any atom is -0.318 e. The van der Waals surface area contributed by atoms with Gasteiger partial charge in [-0.3, -0.25) is 4.90 Å². The van der Waals surface area contributed by atoms with Gasteiger partial charge in [0.2, 0.25) is 0 Å². The third kappa shape index (κ3) is 3.52. The fourth-order valence-corrected chi connectivity index (χ4v) is 2.84. The van der Waals surface area contributed by atoms with Gasteiger partial charge in [0.25, 0.3) is 0 Å². The molecule has 1 aliphatic rings. The van der Waals surface area contributed by atoms with Crippen LogP contribution in [0.4, 0.5) is 0 Å². The monoisotopic (exact) mass is 284 g/mol. The minimum atomic E-state index is 0.954. The number of benzene rings is 1. The van der Waals surface area contributed by atoms with E-state index in [0.29, 0.717) is 0 Å². The zero-order valence-electron chi connectivity index (χ0n) is 13.0. The van der Waals surface area contributed by atoms with Crippen molar-refractivity contribution in [2.75, 3.05) is 33.2 Å². The quantitative estimate of drug-likeness (QED) is 0.858. The molecule has 0 radical (unpaired) electrons. The van der Waals surface area contributed by atoms with Crippen LogP contribution >= 0.6 is 0 Å². The van der Waals surface area contributed by atoms with E-state index in [2.05, 4.69) is 63.7 Å². The summed E-state index contributed by atoms with van der Waals surface area (Å²) in [5.74, 6) is 1.11. The molecular formula is C17H24N4. The number of aryl methyl sites for hydroxylation is 1. The summed E-state index contributed by atoms with van der Waals surface area (Å²) in [6, 6.07) is 10.6. The number of piperazine rings is 1. The average molecular weight is 284 g/mol. The first-order valence-corrected chi connectivity index (χ1v) is 7.68. The topological polar surface area (TPSA) is 24.3 Å². The van der Waals surface area contributed by atoms with Crippen LogP contribution in [0.5, 0.6) is 0 Å². The van der Waals surface area contributed by atoms with E-state index in [9.17, 15) is 0 Å². The van der Waals surface area contributed by atoms with Gasteiger partial charge < -0.3 is 9.47 Å². The molecule has 112 valence electrons. The van der Waals surface area contributed by atoms with Crippen molar-refractivity contribution < 1.29 is 0 Å². The lowest BCUT2D eigenvalue weighted by atomic mass is 10.1. The van der Waals surface area contributed by atoms with Gasteiger partial charge in [-0.2, -0.15) is 0 Å². The molecule has 1 aliphatic heterocycles. The van der Waals surface area contributed by atoms with E-state index in [1.807, 2.05) is 6.20 Å². The van der Waals surface area contributed by atoms with E-state index in [-0.39, 0.29) is 0 Å². The third-order valence-corrected chi connectivity index (χ3v) is 4.30. The Hall–Kier alpha value is -1.65. The summed E-state index contributed by atoms with van der Waals surface area (Å²) < 4.78 is 2.36. The zero-order chi connectivity index (χ0) is 14.7. The Morgan fingerprint density at radius 1 is 1.05 bits per heavy atom. The summed E-state index contributed by atoms with van der Waals surface area (Å²) >= 11 is 0. The van der Waals surface area contributed by atoms with E-state index in [4.69, 9.17) is 0 Å². The summed E-state index contributed by atoms with van der Waals surface area (Å²) in [6.45, 7) is 7.65. The highest BCUT2D eigenvalue weighted by molar-refractivity contribution is 5.21. The normalized spacial score (nSPS) is 17.2. The largest absolute Gasteiger partial charge is 0.318 e. The summed E-state index contributed by atoms with van der Waals surface area (Å²) in [5.41, 5.74) is 2.65. The van der Waals surface area contributed by atoms with Gasteiger partial charge in [0.1, 0.15) is 5.82 Å². The van der Waals surface area contributed by atoms with Crippen molar-refractivity contribution in [3.05, 3.63) is 53.6 Å². The van der Waals surface area contributed by atoms with Gasteiger partial charge >= 0.3 is 0 Å². The second kappa shape index (κ2) is 6.41. The molecule has 3 rings (SSSR count). The number of hydrogen-bond acceptors (Lipinski definition) is 3. The fourth-order valence-electron chi connectivity index (χ4n) is 2.84. The molecule has 1 aromatic carbocycles. The lowest BCUT2D eigenvalue weighted by Crippen LogP contribution is -2.45. The molecule has 1 aromatic heterocycles.